The van der Waals surface area contributed by atoms with Crippen molar-refractivity contribution in [1.29, 1.82) is 0 Å². The summed E-state index contributed by atoms with van der Waals surface area (Å²) >= 11 is 0. The minimum Gasteiger partial charge on any atom is -0.458 e. The summed E-state index contributed by atoms with van der Waals surface area (Å²) in [7, 11) is 0. The predicted molar refractivity (Wildman–Crippen MR) is 272 cm³/mol. The van der Waals surface area contributed by atoms with E-state index in [1.54, 1.807) is 29.7 Å². The van der Waals surface area contributed by atoms with Crippen LogP contribution in [0.3, 0.4) is 0 Å². The lowest BCUT2D eigenvalue weighted by Crippen LogP contribution is -2.31. The number of aromatic nitrogens is 5. The molecule has 0 aliphatic heterocycles. The highest BCUT2D eigenvalue weighted by atomic mass is 16.5. The van der Waals surface area contributed by atoms with Crippen LogP contribution in [0.2, 0.25) is 0 Å². The van der Waals surface area contributed by atoms with E-state index in [2.05, 4.69) is 76.1 Å². The van der Waals surface area contributed by atoms with E-state index in [0.29, 0.717) is 28.2 Å². The Hall–Kier alpha value is -9.00. The van der Waals surface area contributed by atoms with Gasteiger partial charge in [0.05, 0.1) is 62.2 Å². The van der Waals surface area contributed by atoms with Gasteiger partial charge in [0.2, 0.25) is 0 Å². The summed E-state index contributed by atoms with van der Waals surface area (Å²) in [5.74, 6) is 1.89. The number of ether oxygens (including phenoxy) is 1. The molecule has 0 aliphatic rings. The molecule has 67 heavy (non-hydrogen) atoms. The highest BCUT2D eigenvalue weighted by molar-refractivity contribution is 6.16. The van der Waals surface area contributed by atoms with Gasteiger partial charge in [0.1, 0.15) is 17.3 Å². The van der Waals surface area contributed by atoms with Gasteiger partial charge < -0.3 is 9.30 Å². The molecule has 13 rings (SSSR count). The van der Waals surface area contributed by atoms with Crippen molar-refractivity contribution in [2.75, 3.05) is 0 Å². The van der Waals surface area contributed by atoms with Crippen LogP contribution in [0.5, 0.6) is 11.5 Å². The van der Waals surface area contributed by atoms with Crippen LogP contribution in [0.1, 0.15) is 17.9 Å². The van der Waals surface area contributed by atoms with E-state index in [9.17, 15) is 1.37 Å². The molecule has 0 unspecified atom stereocenters. The van der Waals surface area contributed by atoms with Crippen molar-refractivity contribution in [1.82, 2.24) is 18.7 Å². The quantitative estimate of drug-likeness (QED) is 0.113. The number of para-hydroxylation sites is 6. The van der Waals surface area contributed by atoms with Crippen molar-refractivity contribution in [3.8, 4) is 56.6 Å². The Balaban J connectivity index is 0.972. The molecule has 13 aromatic rings. The number of hydrogen-bond acceptors (Lipinski definition) is 2. The van der Waals surface area contributed by atoms with Gasteiger partial charge in [0.25, 0.3) is 6.33 Å². The van der Waals surface area contributed by atoms with E-state index in [1.807, 2.05) is 102 Å². The van der Waals surface area contributed by atoms with Crippen LogP contribution in [0, 0.1) is 13.3 Å². The molecule has 6 heteroatoms. The molecule has 9 aromatic carbocycles. The van der Waals surface area contributed by atoms with Crippen molar-refractivity contribution in [2.24, 2.45) is 0 Å². The Morgan fingerprint density at radius 2 is 1.19 bits per heavy atom. The molecule has 0 saturated carbocycles. The van der Waals surface area contributed by atoms with Gasteiger partial charge in [0.15, 0.2) is 0 Å². The molecule has 0 saturated heterocycles. The first-order valence-corrected chi connectivity index (χ1v) is 21.9. The van der Waals surface area contributed by atoms with Crippen LogP contribution in [-0.2, 0) is 0 Å². The average Bonchev–Trinajstić information content (AvgIpc) is 4.26. The maximum atomic E-state index is 9.24. The molecule has 6 nitrogen and oxygen atoms in total. The molecule has 0 fully saturated rings. The highest BCUT2D eigenvalue weighted by Crippen LogP contribution is 2.41. The van der Waals surface area contributed by atoms with E-state index in [-0.39, 0.29) is 57.7 Å². The maximum Gasteiger partial charge on any atom is 0.269 e. The molecule has 0 N–H and O–H groups in total. The first kappa shape index (κ1) is 30.2. The van der Waals surface area contributed by atoms with E-state index in [1.165, 1.54) is 0 Å². The van der Waals surface area contributed by atoms with Gasteiger partial charge in [-0.25, -0.2) is 4.98 Å². The number of hydrogen-bond donors (Lipinski definition) is 0. The average molecular weight is 869 g/mol. The Morgan fingerprint density at radius 3 is 2.04 bits per heavy atom. The molecule has 0 atom stereocenters. The summed E-state index contributed by atoms with van der Waals surface area (Å²) < 4.78 is 94.2. The minimum absolute atomic E-state index is 0.0539. The fourth-order valence-electron chi connectivity index (χ4n) is 9.55. The predicted octanol–water partition coefficient (Wildman–Crippen LogP) is 14.7. The molecule has 4 heterocycles. The largest absolute Gasteiger partial charge is 0.458 e. The van der Waals surface area contributed by atoms with Gasteiger partial charge >= 0.3 is 0 Å². The standard InChI is InChI=1S/C61H41N5O/c1-41-17-14-20-43(37-41)49-28-16-27-48(42-18-4-2-5-19-42)60(49)64-40-63(55-31-12-13-32-56(55)64)45-23-15-24-46(38-45)67-47-33-34-51-50-25-8-10-29-53(50)66(58(51)39-47)61-59-52-26-9-11-30-54(52)65(57(59)35-36-62-61)44-21-6-3-7-22-44/h2-39H,1H3/i2D,4D,5D,14D,17D,18D,19D,20D,37D. The van der Waals surface area contributed by atoms with Crippen molar-refractivity contribution < 1.29 is 21.6 Å². The number of fused-ring (bicyclic) bond motifs is 7. The van der Waals surface area contributed by atoms with Crippen molar-refractivity contribution in [3.63, 3.8) is 0 Å². The zero-order valence-electron chi connectivity index (χ0n) is 44.9. The molecule has 0 spiro atoms. The topological polar surface area (TPSA) is 40.8 Å². The van der Waals surface area contributed by atoms with E-state index in [4.69, 9.17) is 20.7 Å². The van der Waals surface area contributed by atoms with Crippen LogP contribution in [0.15, 0.2) is 230 Å². The highest BCUT2D eigenvalue weighted by Gasteiger charge is 2.23. The van der Waals surface area contributed by atoms with Crippen LogP contribution in [0.25, 0.3) is 99.8 Å². The number of rotatable bonds is 8. The third-order valence-corrected chi connectivity index (χ3v) is 12.4. The van der Waals surface area contributed by atoms with Crippen molar-refractivity contribution in [3.05, 3.63) is 242 Å². The zero-order valence-corrected chi connectivity index (χ0v) is 35.9. The second kappa shape index (κ2) is 15.6. The number of pyridine rings is 1. The summed E-state index contributed by atoms with van der Waals surface area (Å²) in [6, 6.07) is 51.7. The van der Waals surface area contributed by atoms with E-state index in [0.717, 1.165) is 55.1 Å². The lowest BCUT2D eigenvalue weighted by atomic mass is 9.95. The van der Waals surface area contributed by atoms with Gasteiger partial charge in [0, 0.05) is 34.1 Å². The summed E-state index contributed by atoms with van der Waals surface area (Å²) in [6.45, 7) is 1.56. The molecule has 0 aliphatic carbocycles. The molecule has 4 aromatic heterocycles. The molecular formula is C61H41N5O. The normalized spacial score (nSPS) is 13.5. The van der Waals surface area contributed by atoms with Crippen LogP contribution in [0.4, 0.5) is 0 Å². The maximum absolute atomic E-state index is 9.24. The Labute approximate surface area is 399 Å². The van der Waals surface area contributed by atoms with Gasteiger partial charge in [-0.1, -0.05) is 163 Å². The number of nitrogens with zero attached hydrogens (tertiary/aromatic N) is 5. The molecular weight excluding hydrogens is 819 g/mol. The van der Waals surface area contributed by atoms with Crippen LogP contribution in [-0.4, -0.2) is 18.7 Å². The van der Waals surface area contributed by atoms with Gasteiger partial charge in [-0.15, -0.1) is 0 Å². The van der Waals surface area contributed by atoms with Gasteiger partial charge in [-0.05, 0) is 89.8 Å². The number of benzene rings is 9. The summed E-state index contributed by atoms with van der Waals surface area (Å²) in [4.78, 5) is 5.12. The molecule has 0 bridgehead atoms. The first-order chi connectivity index (χ1) is 36.9. The van der Waals surface area contributed by atoms with E-state index >= 15 is 0 Å². The summed E-state index contributed by atoms with van der Waals surface area (Å²) in [5, 5.41) is 4.19. The van der Waals surface area contributed by atoms with Gasteiger partial charge in [-0.3, -0.25) is 13.7 Å². The smallest absolute Gasteiger partial charge is 0.269 e. The zero-order chi connectivity index (χ0) is 52.3. The summed E-state index contributed by atoms with van der Waals surface area (Å²) in [5.41, 5.74) is 7.90. The second-order valence-electron chi connectivity index (χ2n) is 16.3. The fraction of sp³-hybridized carbons (Fsp3) is 0.0164. The lowest BCUT2D eigenvalue weighted by Gasteiger charge is -2.17. The molecule has 0 radical (unpaired) electrons. The number of imidazole rings is 1. The summed E-state index contributed by atoms with van der Waals surface area (Å²) in [6.07, 6.45) is 5.37. The monoisotopic (exact) mass is 868 g/mol. The minimum atomic E-state index is -0.544. The lowest BCUT2D eigenvalue weighted by molar-refractivity contribution is -0.571. The van der Waals surface area contributed by atoms with Crippen molar-refractivity contribution in [2.45, 2.75) is 6.92 Å². The van der Waals surface area contributed by atoms with E-state index < -0.39 is 30.2 Å². The molecule has 316 valence electrons. The molecule has 0 amide bonds. The second-order valence-corrected chi connectivity index (χ2v) is 16.3. The van der Waals surface area contributed by atoms with Crippen molar-refractivity contribution >= 4 is 54.6 Å². The third kappa shape index (κ3) is 6.33. The first-order valence-electron chi connectivity index (χ1n) is 26.4. The Kier molecular flexibility index (Phi) is 7.04. The Morgan fingerprint density at radius 1 is 0.522 bits per heavy atom. The SMILES string of the molecule is [2H]c1c([2H])c([2H])c(-c2cccc(-c3c([2H])c([2H])c([2H])c(C)c3[2H])c2-[n+]2[c-]n(-c3cccc(Oc4ccc5c6ccccc6n(-c6nccc7c6c6ccccc6n7-c6ccccc6)c5c4)c3)c3ccccc32)c([2H])c1[2H]. The fourth-order valence-corrected chi connectivity index (χ4v) is 9.55. The Bertz CT molecular complexity index is 4440. The third-order valence-electron chi connectivity index (χ3n) is 12.4. The van der Waals surface area contributed by atoms with Crippen LogP contribution >= 0.6 is 0 Å². The van der Waals surface area contributed by atoms with Gasteiger partial charge in [-0.2, -0.15) is 0 Å². The van der Waals surface area contributed by atoms with Crippen LogP contribution < -0.4 is 9.30 Å².